The molecule has 1 amide bonds. The van der Waals surface area contributed by atoms with Crippen molar-refractivity contribution in [2.24, 2.45) is 0 Å². The quantitative estimate of drug-likeness (QED) is 0.514. The average molecular weight is 392 g/mol. The van der Waals surface area contributed by atoms with E-state index in [0.717, 1.165) is 22.2 Å². The summed E-state index contributed by atoms with van der Waals surface area (Å²) in [6, 6.07) is 16.2. The summed E-state index contributed by atoms with van der Waals surface area (Å²) >= 11 is 1.36. The van der Waals surface area contributed by atoms with Gasteiger partial charge in [0, 0.05) is 22.4 Å². The summed E-state index contributed by atoms with van der Waals surface area (Å²) in [5.41, 5.74) is 2.69. The summed E-state index contributed by atoms with van der Waals surface area (Å²) in [5.74, 6) is 0.217. The topological polar surface area (TPSA) is 81.4 Å². The molecule has 0 aliphatic carbocycles. The molecule has 0 saturated heterocycles. The lowest BCUT2D eigenvalue weighted by atomic mass is 10.1. The van der Waals surface area contributed by atoms with E-state index in [4.69, 9.17) is 9.15 Å². The number of carbonyl (C=O) groups excluding carboxylic acids is 1. The van der Waals surface area contributed by atoms with Crippen molar-refractivity contribution in [3.8, 4) is 17.0 Å². The zero-order valence-corrected chi connectivity index (χ0v) is 15.8. The van der Waals surface area contributed by atoms with Crippen LogP contribution >= 0.6 is 11.3 Å². The molecule has 0 aliphatic heterocycles. The van der Waals surface area contributed by atoms with E-state index < -0.39 is 5.63 Å². The highest BCUT2D eigenvalue weighted by molar-refractivity contribution is 7.14. The molecule has 0 unspecified atom stereocenters. The van der Waals surface area contributed by atoms with E-state index in [0.29, 0.717) is 16.5 Å². The highest BCUT2D eigenvalue weighted by Gasteiger charge is 2.10. The molecule has 2 aromatic carbocycles. The first-order valence-corrected chi connectivity index (χ1v) is 9.44. The molecule has 4 aromatic rings. The van der Waals surface area contributed by atoms with Crippen LogP contribution in [0.2, 0.25) is 0 Å². The summed E-state index contributed by atoms with van der Waals surface area (Å²) in [6.45, 7) is 1.67. The van der Waals surface area contributed by atoms with Gasteiger partial charge in [-0.05, 0) is 30.7 Å². The molecule has 1 N–H and O–H groups in total. The monoisotopic (exact) mass is 392 g/mol. The van der Waals surface area contributed by atoms with Gasteiger partial charge in [-0.1, -0.05) is 30.3 Å². The molecule has 140 valence electrons. The first-order valence-electron chi connectivity index (χ1n) is 8.56. The number of aromatic nitrogens is 1. The predicted octanol–water partition coefficient (Wildman–Crippen LogP) is 4.24. The number of carbonyl (C=O) groups is 1. The number of rotatable bonds is 5. The molecule has 0 bridgehead atoms. The van der Waals surface area contributed by atoms with Crippen molar-refractivity contribution < 1.29 is 13.9 Å². The normalized spacial score (nSPS) is 10.8. The maximum atomic E-state index is 12.2. The zero-order valence-electron chi connectivity index (χ0n) is 15.0. The maximum absolute atomic E-state index is 12.2. The number of fused-ring (bicyclic) bond motifs is 1. The molecule has 0 atom stereocenters. The Kier molecular flexibility index (Phi) is 4.90. The van der Waals surface area contributed by atoms with Crippen LogP contribution in [0.3, 0.4) is 0 Å². The van der Waals surface area contributed by atoms with Gasteiger partial charge in [-0.3, -0.25) is 10.1 Å². The molecule has 0 fully saturated rings. The standard InChI is InChI=1S/C21H16N2O4S/c1-13-9-20(25)27-18-8-7-15(10-16(13)18)26-11-19(24)23-21-22-17(12-28-21)14-5-3-2-4-6-14/h2-10,12H,11H2,1H3,(H,22,23,24). The van der Waals surface area contributed by atoms with Crippen LogP contribution in [0.5, 0.6) is 5.75 Å². The SMILES string of the molecule is Cc1cc(=O)oc2ccc(OCC(=O)Nc3nc(-c4ccccc4)cs3)cc12. The lowest BCUT2D eigenvalue weighted by molar-refractivity contribution is -0.118. The summed E-state index contributed by atoms with van der Waals surface area (Å²) in [7, 11) is 0. The Morgan fingerprint density at radius 2 is 2.00 bits per heavy atom. The van der Waals surface area contributed by atoms with Gasteiger partial charge in [0.05, 0.1) is 5.69 Å². The summed E-state index contributed by atoms with van der Waals surface area (Å²) in [4.78, 5) is 28.0. The second-order valence-electron chi connectivity index (χ2n) is 6.15. The van der Waals surface area contributed by atoms with Crippen molar-refractivity contribution in [3.63, 3.8) is 0 Å². The summed E-state index contributed by atoms with van der Waals surface area (Å²) in [6.07, 6.45) is 0. The van der Waals surface area contributed by atoms with Gasteiger partial charge in [0.1, 0.15) is 11.3 Å². The molecule has 2 heterocycles. The van der Waals surface area contributed by atoms with E-state index in [1.165, 1.54) is 17.4 Å². The lowest BCUT2D eigenvalue weighted by Crippen LogP contribution is -2.20. The van der Waals surface area contributed by atoms with Crippen molar-refractivity contribution in [3.05, 3.63) is 76.0 Å². The average Bonchev–Trinajstić information content (AvgIpc) is 3.15. The van der Waals surface area contributed by atoms with E-state index >= 15 is 0 Å². The van der Waals surface area contributed by atoms with Crippen molar-refractivity contribution >= 4 is 33.3 Å². The van der Waals surface area contributed by atoms with Crippen molar-refractivity contribution in [2.75, 3.05) is 11.9 Å². The number of anilines is 1. The Balaban J connectivity index is 1.40. The largest absolute Gasteiger partial charge is 0.484 e. The maximum Gasteiger partial charge on any atom is 0.336 e. The van der Waals surface area contributed by atoms with Crippen LogP contribution < -0.4 is 15.7 Å². The van der Waals surface area contributed by atoms with Crippen molar-refractivity contribution in [1.29, 1.82) is 0 Å². The van der Waals surface area contributed by atoms with Gasteiger partial charge in [-0.15, -0.1) is 11.3 Å². The number of nitrogens with zero attached hydrogens (tertiary/aromatic N) is 1. The van der Waals surface area contributed by atoms with Crippen LogP contribution in [0.25, 0.3) is 22.2 Å². The number of thiazole rings is 1. The number of aryl methyl sites for hydroxylation is 1. The molecular weight excluding hydrogens is 376 g/mol. The Hall–Kier alpha value is -3.45. The van der Waals surface area contributed by atoms with Gasteiger partial charge in [-0.2, -0.15) is 0 Å². The first-order chi connectivity index (χ1) is 13.6. The van der Waals surface area contributed by atoms with Crippen LogP contribution in [-0.4, -0.2) is 17.5 Å². The fraction of sp³-hybridized carbons (Fsp3) is 0.0952. The molecule has 7 heteroatoms. The Morgan fingerprint density at radius 1 is 1.18 bits per heavy atom. The van der Waals surface area contributed by atoms with Gasteiger partial charge in [0.25, 0.3) is 5.91 Å². The van der Waals surface area contributed by atoms with E-state index in [-0.39, 0.29) is 12.5 Å². The number of benzene rings is 2. The Morgan fingerprint density at radius 3 is 2.82 bits per heavy atom. The van der Waals surface area contributed by atoms with Crippen LogP contribution in [0.15, 0.2) is 69.2 Å². The van der Waals surface area contributed by atoms with E-state index in [2.05, 4.69) is 10.3 Å². The zero-order chi connectivity index (χ0) is 19.5. The number of nitrogens with one attached hydrogen (secondary N) is 1. The minimum atomic E-state index is -0.392. The smallest absolute Gasteiger partial charge is 0.336 e. The number of hydrogen-bond donors (Lipinski definition) is 1. The lowest BCUT2D eigenvalue weighted by Gasteiger charge is -2.07. The van der Waals surface area contributed by atoms with E-state index in [1.54, 1.807) is 18.2 Å². The third kappa shape index (κ3) is 3.94. The molecule has 0 spiro atoms. The Labute approximate surface area is 164 Å². The first kappa shape index (κ1) is 17.9. The van der Waals surface area contributed by atoms with Gasteiger partial charge < -0.3 is 9.15 Å². The van der Waals surface area contributed by atoms with Crippen LogP contribution in [-0.2, 0) is 4.79 Å². The van der Waals surface area contributed by atoms with Gasteiger partial charge in [-0.25, -0.2) is 9.78 Å². The van der Waals surface area contributed by atoms with E-state index in [1.807, 2.05) is 42.6 Å². The van der Waals surface area contributed by atoms with E-state index in [9.17, 15) is 9.59 Å². The molecule has 0 saturated carbocycles. The molecule has 0 radical (unpaired) electrons. The van der Waals surface area contributed by atoms with Gasteiger partial charge in [0.15, 0.2) is 11.7 Å². The van der Waals surface area contributed by atoms with Crippen molar-refractivity contribution in [1.82, 2.24) is 4.98 Å². The number of ether oxygens (including phenoxy) is 1. The fourth-order valence-electron chi connectivity index (χ4n) is 2.77. The molecule has 6 nitrogen and oxygen atoms in total. The molecule has 4 rings (SSSR count). The third-order valence-electron chi connectivity index (χ3n) is 4.11. The fourth-order valence-corrected chi connectivity index (χ4v) is 3.50. The second-order valence-corrected chi connectivity index (χ2v) is 7.01. The third-order valence-corrected chi connectivity index (χ3v) is 4.87. The van der Waals surface area contributed by atoms with Crippen LogP contribution in [0, 0.1) is 6.92 Å². The second kappa shape index (κ2) is 7.66. The number of amides is 1. The van der Waals surface area contributed by atoms with Crippen molar-refractivity contribution in [2.45, 2.75) is 6.92 Å². The highest BCUT2D eigenvalue weighted by atomic mass is 32.1. The van der Waals surface area contributed by atoms with Gasteiger partial charge in [0.2, 0.25) is 0 Å². The molecular formula is C21H16N2O4S. The molecule has 2 aromatic heterocycles. The van der Waals surface area contributed by atoms with Gasteiger partial charge >= 0.3 is 5.63 Å². The predicted molar refractivity (Wildman–Crippen MR) is 109 cm³/mol. The Bertz CT molecular complexity index is 1200. The molecule has 28 heavy (non-hydrogen) atoms. The summed E-state index contributed by atoms with van der Waals surface area (Å²) < 4.78 is 10.7. The van der Waals surface area contributed by atoms with Crippen LogP contribution in [0.4, 0.5) is 5.13 Å². The minimum absolute atomic E-state index is 0.151. The minimum Gasteiger partial charge on any atom is -0.484 e. The molecule has 0 aliphatic rings. The van der Waals surface area contributed by atoms with Crippen LogP contribution in [0.1, 0.15) is 5.56 Å². The summed E-state index contributed by atoms with van der Waals surface area (Å²) in [5, 5.41) is 5.92. The highest BCUT2D eigenvalue weighted by Crippen LogP contribution is 2.25. The number of hydrogen-bond acceptors (Lipinski definition) is 6.